The highest BCUT2D eigenvalue weighted by atomic mass is 16.7. The summed E-state index contributed by atoms with van der Waals surface area (Å²) in [4.78, 5) is 40.5. The molecule has 0 unspecified atom stereocenters. The molecule has 1 aromatic rings. The first-order valence-corrected chi connectivity index (χ1v) is 6.85. The van der Waals surface area contributed by atoms with Gasteiger partial charge in [-0.25, -0.2) is 4.79 Å². The van der Waals surface area contributed by atoms with E-state index in [4.69, 9.17) is 4.84 Å². The average Bonchev–Trinajstić information content (AvgIpc) is 3.24. The van der Waals surface area contributed by atoms with E-state index in [0.717, 1.165) is 18.8 Å². The number of carbonyl (C=O) groups is 3. The molecular weight excluding hydrogens is 258 g/mol. The number of fused-ring (bicyclic) bond motifs is 1. The minimum Gasteiger partial charge on any atom is -0.330 e. The molecule has 1 aromatic carbocycles. The van der Waals surface area contributed by atoms with Crippen molar-refractivity contribution in [1.82, 2.24) is 5.06 Å². The molecule has 1 aliphatic heterocycles. The molecule has 1 saturated carbocycles. The molecule has 1 fully saturated rings. The Morgan fingerprint density at radius 3 is 2.30 bits per heavy atom. The lowest BCUT2D eigenvalue weighted by molar-refractivity contribution is -0.168. The molecule has 0 spiro atoms. The molecular formula is C15H15NO4. The van der Waals surface area contributed by atoms with Crippen LogP contribution >= 0.6 is 0 Å². The van der Waals surface area contributed by atoms with Crippen LogP contribution < -0.4 is 0 Å². The maximum absolute atomic E-state index is 12.0. The Morgan fingerprint density at radius 1 is 1.15 bits per heavy atom. The molecule has 0 N–H and O–H groups in total. The van der Waals surface area contributed by atoms with Gasteiger partial charge in [0, 0.05) is 6.42 Å². The molecule has 20 heavy (non-hydrogen) atoms. The molecule has 1 aliphatic carbocycles. The first-order chi connectivity index (χ1) is 9.66. The molecule has 2 aliphatic rings. The van der Waals surface area contributed by atoms with Crippen LogP contribution in [0.2, 0.25) is 0 Å². The van der Waals surface area contributed by atoms with Crippen molar-refractivity contribution in [2.24, 2.45) is 5.92 Å². The molecule has 104 valence electrons. The predicted molar refractivity (Wildman–Crippen MR) is 69.6 cm³/mol. The molecule has 0 bridgehead atoms. The molecule has 5 heteroatoms. The number of rotatable bonds is 5. The Balaban J connectivity index is 1.59. The average molecular weight is 273 g/mol. The zero-order valence-corrected chi connectivity index (χ0v) is 11.0. The van der Waals surface area contributed by atoms with E-state index in [-0.39, 0.29) is 17.5 Å². The van der Waals surface area contributed by atoms with Gasteiger partial charge in [-0.2, -0.15) is 0 Å². The summed E-state index contributed by atoms with van der Waals surface area (Å²) >= 11 is 0. The lowest BCUT2D eigenvalue weighted by Crippen LogP contribution is -2.32. The molecule has 0 atom stereocenters. The third kappa shape index (κ3) is 2.43. The van der Waals surface area contributed by atoms with Crippen LogP contribution in [-0.4, -0.2) is 22.8 Å². The van der Waals surface area contributed by atoms with Gasteiger partial charge in [0.05, 0.1) is 11.1 Å². The quantitative estimate of drug-likeness (QED) is 0.772. The van der Waals surface area contributed by atoms with E-state index >= 15 is 0 Å². The van der Waals surface area contributed by atoms with Crippen molar-refractivity contribution in [3.8, 4) is 0 Å². The van der Waals surface area contributed by atoms with Crippen molar-refractivity contribution in [3.63, 3.8) is 0 Å². The smallest absolute Gasteiger partial charge is 0.330 e. The third-order valence-electron chi connectivity index (χ3n) is 3.64. The van der Waals surface area contributed by atoms with Gasteiger partial charge in [-0.15, -0.1) is 0 Å². The van der Waals surface area contributed by atoms with E-state index in [0.29, 0.717) is 5.06 Å². The maximum Gasteiger partial charge on any atom is 0.333 e. The van der Waals surface area contributed by atoms with E-state index in [1.165, 1.54) is 12.8 Å². The number of nitrogens with zero attached hydrogens (tertiary/aromatic N) is 1. The fourth-order valence-electron chi connectivity index (χ4n) is 2.34. The number of imide groups is 1. The van der Waals surface area contributed by atoms with Gasteiger partial charge in [0.15, 0.2) is 0 Å². The SMILES string of the molecule is O=C(CCCC1CC1)ON1C(=O)c2ccccc2C1=O. The van der Waals surface area contributed by atoms with E-state index in [1.807, 2.05) is 0 Å². The third-order valence-corrected chi connectivity index (χ3v) is 3.64. The van der Waals surface area contributed by atoms with Crippen molar-refractivity contribution in [1.29, 1.82) is 0 Å². The topological polar surface area (TPSA) is 63.7 Å². The summed E-state index contributed by atoms with van der Waals surface area (Å²) in [6, 6.07) is 6.45. The fraction of sp³-hybridized carbons (Fsp3) is 0.400. The van der Waals surface area contributed by atoms with Crippen molar-refractivity contribution < 1.29 is 19.2 Å². The predicted octanol–water partition coefficient (Wildman–Crippen LogP) is 2.32. The normalized spacial score (nSPS) is 17.3. The highest BCUT2D eigenvalue weighted by Crippen LogP contribution is 2.34. The molecule has 5 nitrogen and oxygen atoms in total. The van der Waals surface area contributed by atoms with Gasteiger partial charge >= 0.3 is 5.97 Å². The summed E-state index contributed by atoms with van der Waals surface area (Å²) in [6.45, 7) is 0. The lowest BCUT2D eigenvalue weighted by atomic mass is 10.1. The number of amides is 2. The molecule has 0 saturated heterocycles. The van der Waals surface area contributed by atoms with Crippen molar-refractivity contribution in [2.75, 3.05) is 0 Å². The monoisotopic (exact) mass is 273 g/mol. The zero-order valence-electron chi connectivity index (χ0n) is 11.0. The van der Waals surface area contributed by atoms with Crippen LogP contribution in [-0.2, 0) is 9.63 Å². The second-order valence-electron chi connectivity index (χ2n) is 5.25. The lowest BCUT2D eigenvalue weighted by Gasteiger charge is -2.12. The van der Waals surface area contributed by atoms with Crippen molar-refractivity contribution in [3.05, 3.63) is 35.4 Å². The van der Waals surface area contributed by atoms with Crippen LogP contribution in [0.25, 0.3) is 0 Å². The second kappa shape index (κ2) is 5.07. The van der Waals surface area contributed by atoms with Crippen molar-refractivity contribution >= 4 is 17.8 Å². The first kappa shape index (κ1) is 12.8. The van der Waals surface area contributed by atoms with Crippen LogP contribution in [0.3, 0.4) is 0 Å². The number of hydrogen-bond acceptors (Lipinski definition) is 4. The number of hydroxylamine groups is 2. The van der Waals surface area contributed by atoms with Gasteiger partial charge in [-0.1, -0.05) is 30.0 Å². The maximum atomic E-state index is 12.0. The van der Waals surface area contributed by atoms with Crippen LogP contribution in [0.1, 0.15) is 52.8 Å². The summed E-state index contributed by atoms with van der Waals surface area (Å²) in [5.41, 5.74) is 0.562. The van der Waals surface area contributed by atoms with Gasteiger partial charge < -0.3 is 4.84 Å². The zero-order chi connectivity index (χ0) is 14.1. The Labute approximate surface area is 116 Å². The van der Waals surface area contributed by atoms with E-state index in [2.05, 4.69) is 0 Å². The molecule has 1 heterocycles. The van der Waals surface area contributed by atoms with Crippen LogP contribution in [0, 0.1) is 5.92 Å². The van der Waals surface area contributed by atoms with Gasteiger partial charge in [-0.05, 0) is 30.9 Å². The minimum atomic E-state index is -0.568. The van der Waals surface area contributed by atoms with Crippen LogP contribution in [0.5, 0.6) is 0 Å². The van der Waals surface area contributed by atoms with E-state index in [9.17, 15) is 14.4 Å². The summed E-state index contributed by atoms with van der Waals surface area (Å²) < 4.78 is 0. The Hall–Kier alpha value is -2.17. The summed E-state index contributed by atoms with van der Waals surface area (Å²) in [7, 11) is 0. The van der Waals surface area contributed by atoms with Crippen molar-refractivity contribution in [2.45, 2.75) is 32.1 Å². The standard InChI is InChI=1S/C15H15NO4/c17-13(7-3-4-10-8-9-10)20-16-14(18)11-5-1-2-6-12(11)15(16)19/h1-2,5-6,10H,3-4,7-9H2. The number of carbonyl (C=O) groups excluding carboxylic acids is 3. The fourth-order valence-corrected chi connectivity index (χ4v) is 2.34. The number of benzene rings is 1. The van der Waals surface area contributed by atoms with E-state index in [1.54, 1.807) is 24.3 Å². The largest absolute Gasteiger partial charge is 0.333 e. The molecule has 3 rings (SSSR count). The summed E-state index contributed by atoms with van der Waals surface area (Å²) in [5.74, 6) is -0.912. The van der Waals surface area contributed by atoms with Gasteiger partial charge in [0.25, 0.3) is 11.8 Å². The summed E-state index contributed by atoms with van der Waals surface area (Å²) in [5, 5.41) is 0.574. The second-order valence-corrected chi connectivity index (χ2v) is 5.25. The van der Waals surface area contributed by atoms with Crippen LogP contribution in [0.4, 0.5) is 0 Å². The van der Waals surface area contributed by atoms with Gasteiger partial charge in [0.1, 0.15) is 0 Å². The van der Waals surface area contributed by atoms with E-state index < -0.39 is 17.8 Å². The first-order valence-electron chi connectivity index (χ1n) is 6.85. The highest BCUT2D eigenvalue weighted by Gasteiger charge is 2.38. The summed E-state index contributed by atoms with van der Waals surface area (Å²) in [6.07, 6.45) is 4.48. The Morgan fingerprint density at radius 2 is 1.75 bits per heavy atom. The molecule has 2 amide bonds. The Kier molecular flexibility index (Phi) is 3.26. The molecule has 0 radical (unpaired) electrons. The molecule has 0 aromatic heterocycles. The highest BCUT2D eigenvalue weighted by molar-refractivity contribution is 6.20. The van der Waals surface area contributed by atoms with Gasteiger partial charge in [0.2, 0.25) is 0 Å². The van der Waals surface area contributed by atoms with Crippen LogP contribution in [0.15, 0.2) is 24.3 Å². The minimum absolute atomic E-state index is 0.240. The number of hydrogen-bond donors (Lipinski definition) is 0. The van der Waals surface area contributed by atoms with Gasteiger partial charge in [-0.3, -0.25) is 9.59 Å². The Bertz CT molecular complexity index is 542.